The van der Waals surface area contributed by atoms with Crippen LogP contribution in [0.3, 0.4) is 0 Å². The van der Waals surface area contributed by atoms with Crippen LogP contribution in [0.2, 0.25) is 5.02 Å². The number of benzene rings is 2. The van der Waals surface area contributed by atoms with Gasteiger partial charge in [0, 0.05) is 9.50 Å². The molecule has 0 atom stereocenters. The number of carbonyl (C=O) groups is 1. The van der Waals surface area contributed by atoms with E-state index >= 15 is 0 Å². The van der Waals surface area contributed by atoms with E-state index in [-0.39, 0.29) is 5.56 Å². The van der Waals surface area contributed by atoms with Crippen LogP contribution in [0.4, 0.5) is 0 Å². The standard InChI is InChI=1S/C13H8BrClO2/c14-11-5-10(6-12(15)7-11)8-1-3-9(4-2-8)13(16)17/h1-7H,(H,16,17). The van der Waals surface area contributed by atoms with E-state index in [4.69, 9.17) is 16.7 Å². The van der Waals surface area contributed by atoms with Gasteiger partial charge in [0.2, 0.25) is 0 Å². The summed E-state index contributed by atoms with van der Waals surface area (Å²) in [4.78, 5) is 10.7. The summed E-state index contributed by atoms with van der Waals surface area (Å²) >= 11 is 9.33. The zero-order chi connectivity index (χ0) is 12.4. The second-order valence-corrected chi connectivity index (χ2v) is 4.89. The Kier molecular flexibility index (Phi) is 3.50. The Hall–Kier alpha value is -1.32. The van der Waals surface area contributed by atoms with Crippen molar-refractivity contribution < 1.29 is 9.90 Å². The van der Waals surface area contributed by atoms with Gasteiger partial charge >= 0.3 is 5.97 Å². The maximum absolute atomic E-state index is 10.7. The van der Waals surface area contributed by atoms with Crippen molar-refractivity contribution in [1.82, 2.24) is 0 Å². The highest BCUT2D eigenvalue weighted by atomic mass is 79.9. The fourth-order valence-electron chi connectivity index (χ4n) is 1.53. The summed E-state index contributed by atoms with van der Waals surface area (Å²) in [5.41, 5.74) is 2.15. The monoisotopic (exact) mass is 310 g/mol. The average molecular weight is 312 g/mol. The van der Waals surface area contributed by atoms with Crippen LogP contribution >= 0.6 is 27.5 Å². The molecule has 0 aliphatic carbocycles. The molecule has 0 bridgehead atoms. The first kappa shape index (κ1) is 12.1. The van der Waals surface area contributed by atoms with Crippen molar-refractivity contribution in [3.63, 3.8) is 0 Å². The highest BCUT2D eigenvalue weighted by Gasteiger charge is 2.04. The van der Waals surface area contributed by atoms with Crippen molar-refractivity contribution in [2.45, 2.75) is 0 Å². The van der Waals surface area contributed by atoms with Crippen LogP contribution in [-0.4, -0.2) is 11.1 Å². The van der Waals surface area contributed by atoms with Crippen LogP contribution in [-0.2, 0) is 0 Å². The van der Waals surface area contributed by atoms with Crippen molar-refractivity contribution in [3.05, 3.63) is 57.5 Å². The van der Waals surface area contributed by atoms with Crippen molar-refractivity contribution in [3.8, 4) is 11.1 Å². The van der Waals surface area contributed by atoms with Crippen LogP contribution < -0.4 is 0 Å². The van der Waals surface area contributed by atoms with Gasteiger partial charge in [0.25, 0.3) is 0 Å². The highest BCUT2D eigenvalue weighted by Crippen LogP contribution is 2.27. The van der Waals surface area contributed by atoms with Crippen LogP contribution in [0, 0.1) is 0 Å². The fourth-order valence-corrected chi connectivity index (χ4v) is 2.39. The van der Waals surface area contributed by atoms with E-state index in [2.05, 4.69) is 15.9 Å². The van der Waals surface area contributed by atoms with E-state index in [0.717, 1.165) is 15.6 Å². The number of carboxylic acid groups (broad SMARTS) is 1. The maximum Gasteiger partial charge on any atom is 0.335 e. The van der Waals surface area contributed by atoms with Crippen LogP contribution in [0.25, 0.3) is 11.1 Å². The molecule has 2 nitrogen and oxygen atoms in total. The van der Waals surface area contributed by atoms with Gasteiger partial charge in [0.15, 0.2) is 0 Å². The number of halogens is 2. The Balaban J connectivity index is 2.43. The lowest BCUT2D eigenvalue weighted by molar-refractivity contribution is 0.0697. The smallest absolute Gasteiger partial charge is 0.335 e. The third-order valence-corrected chi connectivity index (χ3v) is 3.00. The zero-order valence-corrected chi connectivity index (χ0v) is 11.0. The van der Waals surface area contributed by atoms with E-state index in [9.17, 15) is 4.79 Å². The molecule has 0 amide bonds. The minimum Gasteiger partial charge on any atom is -0.478 e. The molecule has 0 unspecified atom stereocenters. The molecule has 17 heavy (non-hydrogen) atoms. The van der Waals surface area contributed by atoms with E-state index in [1.54, 1.807) is 30.3 Å². The SMILES string of the molecule is O=C(O)c1ccc(-c2cc(Cl)cc(Br)c2)cc1. The third-order valence-electron chi connectivity index (χ3n) is 2.33. The van der Waals surface area contributed by atoms with Gasteiger partial charge in [0.1, 0.15) is 0 Å². The molecule has 2 aromatic rings. The first-order valence-corrected chi connectivity index (χ1v) is 6.03. The van der Waals surface area contributed by atoms with Gasteiger partial charge in [-0.15, -0.1) is 0 Å². The molecule has 0 saturated carbocycles. The van der Waals surface area contributed by atoms with Crippen molar-refractivity contribution in [2.75, 3.05) is 0 Å². The number of carboxylic acids is 1. The van der Waals surface area contributed by atoms with Gasteiger partial charge in [-0.2, -0.15) is 0 Å². The van der Waals surface area contributed by atoms with Crippen molar-refractivity contribution >= 4 is 33.5 Å². The number of hydrogen-bond acceptors (Lipinski definition) is 1. The predicted octanol–water partition coefficient (Wildman–Crippen LogP) is 4.47. The molecule has 2 rings (SSSR count). The zero-order valence-electron chi connectivity index (χ0n) is 8.65. The summed E-state index contributed by atoms with van der Waals surface area (Å²) in [7, 11) is 0. The number of hydrogen-bond donors (Lipinski definition) is 1. The largest absolute Gasteiger partial charge is 0.478 e. The molecular formula is C13H8BrClO2. The summed E-state index contributed by atoms with van der Waals surface area (Å²) < 4.78 is 0.891. The van der Waals surface area contributed by atoms with Gasteiger partial charge in [-0.05, 0) is 41.5 Å². The highest BCUT2D eigenvalue weighted by molar-refractivity contribution is 9.10. The third kappa shape index (κ3) is 2.87. The molecule has 4 heteroatoms. The molecule has 2 aromatic carbocycles. The Bertz CT molecular complexity index is 544. The molecule has 0 aromatic heterocycles. The maximum atomic E-state index is 10.7. The lowest BCUT2D eigenvalue weighted by Crippen LogP contribution is -1.94. The molecule has 0 saturated heterocycles. The molecule has 0 heterocycles. The second-order valence-electron chi connectivity index (χ2n) is 3.54. The normalized spacial score (nSPS) is 10.2. The van der Waals surface area contributed by atoms with E-state index in [1.807, 2.05) is 12.1 Å². The van der Waals surface area contributed by atoms with Gasteiger partial charge in [0.05, 0.1) is 5.56 Å². The van der Waals surface area contributed by atoms with Crippen LogP contribution in [0.5, 0.6) is 0 Å². The van der Waals surface area contributed by atoms with Crippen LogP contribution in [0.15, 0.2) is 46.9 Å². The summed E-state index contributed by atoms with van der Waals surface area (Å²) in [5.74, 6) is -0.927. The lowest BCUT2D eigenvalue weighted by atomic mass is 10.0. The van der Waals surface area contributed by atoms with Gasteiger partial charge in [-0.1, -0.05) is 39.7 Å². The van der Waals surface area contributed by atoms with Gasteiger partial charge < -0.3 is 5.11 Å². The van der Waals surface area contributed by atoms with Crippen LogP contribution in [0.1, 0.15) is 10.4 Å². The number of rotatable bonds is 2. The molecule has 0 aliphatic heterocycles. The van der Waals surface area contributed by atoms with Crippen molar-refractivity contribution in [2.24, 2.45) is 0 Å². The summed E-state index contributed by atoms with van der Waals surface area (Å²) in [6, 6.07) is 12.3. The van der Waals surface area contributed by atoms with E-state index in [1.165, 1.54) is 0 Å². The quantitative estimate of drug-likeness (QED) is 0.888. The molecular weight excluding hydrogens is 303 g/mol. The first-order chi connectivity index (χ1) is 8.06. The number of aromatic carboxylic acids is 1. The summed E-state index contributed by atoms with van der Waals surface area (Å²) in [6.45, 7) is 0. The van der Waals surface area contributed by atoms with Gasteiger partial charge in [-0.3, -0.25) is 0 Å². The lowest BCUT2D eigenvalue weighted by Gasteiger charge is -2.04. The Morgan fingerprint density at radius 2 is 1.71 bits per heavy atom. The topological polar surface area (TPSA) is 37.3 Å². The summed E-state index contributed by atoms with van der Waals surface area (Å²) in [5, 5.41) is 9.44. The first-order valence-electron chi connectivity index (χ1n) is 4.86. The molecule has 0 spiro atoms. The minimum absolute atomic E-state index is 0.273. The second kappa shape index (κ2) is 4.90. The Morgan fingerprint density at radius 3 is 2.24 bits per heavy atom. The molecule has 0 radical (unpaired) electrons. The van der Waals surface area contributed by atoms with E-state index in [0.29, 0.717) is 5.02 Å². The molecule has 0 aliphatic rings. The molecule has 86 valence electrons. The van der Waals surface area contributed by atoms with Crippen molar-refractivity contribution in [1.29, 1.82) is 0 Å². The Labute approximate surface area is 112 Å². The average Bonchev–Trinajstić information content (AvgIpc) is 2.28. The van der Waals surface area contributed by atoms with Gasteiger partial charge in [-0.25, -0.2) is 4.79 Å². The summed E-state index contributed by atoms with van der Waals surface area (Å²) in [6.07, 6.45) is 0. The molecule has 0 fully saturated rings. The predicted molar refractivity (Wildman–Crippen MR) is 71.5 cm³/mol. The molecule has 1 N–H and O–H groups in total. The Morgan fingerprint density at radius 1 is 1.06 bits per heavy atom. The fraction of sp³-hybridized carbons (Fsp3) is 0. The minimum atomic E-state index is -0.927. The van der Waals surface area contributed by atoms with E-state index < -0.39 is 5.97 Å².